The predicted octanol–water partition coefficient (Wildman–Crippen LogP) is 2.77. The van der Waals surface area contributed by atoms with Crippen LogP contribution in [0.2, 0.25) is 0 Å². The normalized spacial score (nSPS) is 10.3. The number of aromatic nitrogens is 1. The Balaban J connectivity index is 2.24. The highest BCUT2D eigenvalue weighted by molar-refractivity contribution is 6.07. The summed E-state index contributed by atoms with van der Waals surface area (Å²) in [6.45, 7) is 3.36. The van der Waals surface area contributed by atoms with Gasteiger partial charge in [-0.25, -0.2) is 0 Å². The molecule has 1 aromatic heterocycles. The van der Waals surface area contributed by atoms with E-state index in [4.69, 9.17) is 9.47 Å². The van der Waals surface area contributed by atoms with Crippen molar-refractivity contribution in [1.82, 2.24) is 4.98 Å². The molecule has 1 heterocycles. The van der Waals surface area contributed by atoms with Crippen LogP contribution >= 0.6 is 0 Å². The molecule has 0 N–H and O–H groups in total. The molecule has 0 unspecified atom stereocenters. The standard InChI is InChI=1S/C17H20N2O3/c1-3-19(14-7-6-10-18-13-14)17(20)15-8-4-5-9-16(15)22-12-11-21-2/h4-10,13H,3,11-12H2,1-2H3. The molecule has 0 bridgehead atoms. The third-order valence-corrected chi connectivity index (χ3v) is 3.18. The maximum Gasteiger partial charge on any atom is 0.262 e. The molecule has 0 aliphatic heterocycles. The number of ether oxygens (including phenoxy) is 2. The lowest BCUT2D eigenvalue weighted by Gasteiger charge is -2.22. The van der Waals surface area contributed by atoms with E-state index < -0.39 is 0 Å². The lowest BCUT2D eigenvalue weighted by Crippen LogP contribution is -2.31. The monoisotopic (exact) mass is 300 g/mol. The van der Waals surface area contributed by atoms with Crippen molar-refractivity contribution in [2.45, 2.75) is 6.92 Å². The van der Waals surface area contributed by atoms with Crippen LogP contribution < -0.4 is 9.64 Å². The second kappa shape index (κ2) is 8.14. The molecule has 5 heteroatoms. The van der Waals surface area contributed by atoms with Crippen LogP contribution in [0, 0.1) is 0 Å². The average molecular weight is 300 g/mol. The Hall–Kier alpha value is -2.40. The molecular formula is C17H20N2O3. The van der Waals surface area contributed by atoms with Gasteiger partial charge in [0.05, 0.1) is 24.1 Å². The van der Waals surface area contributed by atoms with Gasteiger partial charge in [-0.3, -0.25) is 9.78 Å². The number of para-hydroxylation sites is 1. The summed E-state index contributed by atoms with van der Waals surface area (Å²) in [5.41, 5.74) is 1.30. The Labute approximate surface area is 130 Å². The summed E-state index contributed by atoms with van der Waals surface area (Å²) in [4.78, 5) is 18.6. The molecule has 0 saturated heterocycles. The van der Waals surface area contributed by atoms with E-state index in [1.54, 1.807) is 36.5 Å². The van der Waals surface area contributed by atoms with Gasteiger partial charge in [0.1, 0.15) is 12.4 Å². The Bertz CT molecular complexity index is 602. The lowest BCUT2D eigenvalue weighted by molar-refractivity contribution is 0.0980. The predicted molar refractivity (Wildman–Crippen MR) is 85.4 cm³/mol. The Morgan fingerprint density at radius 2 is 2.00 bits per heavy atom. The van der Waals surface area contributed by atoms with Crippen LogP contribution in [0.25, 0.3) is 0 Å². The highest BCUT2D eigenvalue weighted by atomic mass is 16.5. The van der Waals surface area contributed by atoms with Crippen molar-refractivity contribution < 1.29 is 14.3 Å². The number of methoxy groups -OCH3 is 1. The molecule has 1 aromatic carbocycles. The molecule has 0 aliphatic carbocycles. The fourth-order valence-corrected chi connectivity index (χ4v) is 2.11. The number of hydrogen-bond acceptors (Lipinski definition) is 4. The zero-order valence-electron chi connectivity index (χ0n) is 12.9. The topological polar surface area (TPSA) is 51.7 Å². The third-order valence-electron chi connectivity index (χ3n) is 3.18. The number of hydrogen-bond donors (Lipinski definition) is 0. The molecule has 0 spiro atoms. The van der Waals surface area contributed by atoms with Gasteiger partial charge in [-0.15, -0.1) is 0 Å². The highest BCUT2D eigenvalue weighted by Gasteiger charge is 2.19. The molecule has 0 atom stereocenters. The maximum absolute atomic E-state index is 12.8. The van der Waals surface area contributed by atoms with E-state index in [2.05, 4.69) is 4.98 Å². The van der Waals surface area contributed by atoms with E-state index in [9.17, 15) is 4.79 Å². The van der Waals surface area contributed by atoms with E-state index in [-0.39, 0.29) is 5.91 Å². The molecule has 0 aliphatic rings. The van der Waals surface area contributed by atoms with Crippen molar-refractivity contribution in [3.05, 3.63) is 54.4 Å². The van der Waals surface area contributed by atoms with Crippen LogP contribution in [0.5, 0.6) is 5.75 Å². The van der Waals surface area contributed by atoms with Gasteiger partial charge in [0.2, 0.25) is 0 Å². The molecule has 2 aromatic rings. The molecule has 0 radical (unpaired) electrons. The Kier molecular flexibility index (Phi) is 5.91. The number of nitrogens with zero attached hydrogens (tertiary/aromatic N) is 2. The SMILES string of the molecule is CCN(C(=O)c1ccccc1OCCOC)c1cccnc1. The van der Waals surface area contributed by atoms with Gasteiger partial charge in [0.15, 0.2) is 0 Å². The van der Waals surface area contributed by atoms with Crippen molar-refractivity contribution in [3.8, 4) is 5.75 Å². The van der Waals surface area contributed by atoms with Crippen molar-refractivity contribution in [2.24, 2.45) is 0 Å². The largest absolute Gasteiger partial charge is 0.490 e. The number of anilines is 1. The van der Waals surface area contributed by atoms with Gasteiger partial charge < -0.3 is 14.4 Å². The third kappa shape index (κ3) is 3.83. The van der Waals surface area contributed by atoms with Crippen molar-refractivity contribution in [1.29, 1.82) is 0 Å². The van der Waals surface area contributed by atoms with Crippen molar-refractivity contribution in [2.75, 3.05) is 31.8 Å². The summed E-state index contributed by atoms with van der Waals surface area (Å²) in [5.74, 6) is 0.454. The van der Waals surface area contributed by atoms with Crippen LogP contribution in [0.3, 0.4) is 0 Å². The summed E-state index contributed by atoms with van der Waals surface area (Å²) in [5, 5.41) is 0. The van der Waals surface area contributed by atoms with Crippen LogP contribution in [-0.2, 0) is 4.74 Å². The van der Waals surface area contributed by atoms with Crippen LogP contribution in [0.4, 0.5) is 5.69 Å². The molecule has 0 fully saturated rings. The quantitative estimate of drug-likeness (QED) is 0.738. The molecule has 5 nitrogen and oxygen atoms in total. The molecule has 116 valence electrons. The number of carbonyl (C=O) groups is 1. The minimum absolute atomic E-state index is 0.108. The van der Waals surface area contributed by atoms with Gasteiger partial charge in [-0.05, 0) is 31.2 Å². The molecular weight excluding hydrogens is 280 g/mol. The maximum atomic E-state index is 12.8. The van der Waals surface area contributed by atoms with Crippen molar-refractivity contribution >= 4 is 11.6 Å². The number of amides is 1. The van der Waals surface area contributed by atoms with Gasteiger partial charge >= 0.3 is 0 Å². The van der Waals surface area contributed by atoms with Gasteiger partial charge in [-0.2, -0.15) is 0 Å². The average Bonchev–Trinajstić information content (AvgIpc) is 2.57. The van der Waals surface area contributed by atoms with Crippen molar-refractivity contribution in [3.63, 3.8) is 0 Å². The Morgan fingerprint density at radius 1 is 1.18 bits per heavy atom. The number of benzene rings is 1. The summed E-state index contributed by atoms with van der Waals surface area (Å²) in [7, 11) is 1.61. The summed E-state index contributed by atoms with van der Waals surface area (Å²) in [6, 6.07) is 10.9. The smallest absolute Gasteiger partial charge is 0.262 e. The zero-order chi connectivity index (χ0) is 15.8. The lowest BCUT2D eigenvalue weighted by atomic mass is 10.1. The number of pyridine rings is 1. The minimum atomic E-state index is -0.108. The van der Waals surface area contributed by atoms with E-state index in [1.165, 1.54) is 0 Å². The van der Waals surface area contributed by atoms with Crippen LogP contribution in [-0.4, -0.2) is 37.8 Å². The highest BCUT2D eigenvalue weighted by Crippen LogP contribution is 2.23. The first-order valence-electron chi connectivity index (χ1n) is 7.20. The first-order chi connectivity index (χ1) is 10.8. The fourth-order valence-electron chi connectivity index (χ4n) is 2.11. The second-order valence-electron chi connectivity index (χ2n) is 4.60. The van der Waals surface area contributed by atoms with E-state index in [0.717, 1.165) is 5.69 Å². The summed E-state index contributed by atoms with van der Waals surface area (Å²) >= 11 is 0. The number of rotatable bonds is 7. The van der Waals surface area contributed by atoms with Gasteiger partial charge in [0, 0.05) is 19.9 Å². The number of carbonyl (C=O) groups excluding carboxylic acids is 1. The molecule has 22 heavy (non-hydrogen) atoms. The van der Waals surface area contributed by atoms with Crippen LogP contribution in [0.15, 0.2) is 48.8 Å². The second-order valence-corrected chi connectivity index (χ2v) is 4.60. The minimum Gasteiger partial charge on any atom is -0.490 e. The Morgan fingerprint density at radius 3 is 2.68 bits per heavy atom. The molecule has 0 saturated carbocycles. The summed E-state index contributed by atoms with van der Waals surface area (Å²) in [6.07, 6.45) is 3.36. The first-order valence-corrected chi connectivity index (χ1v) is 7.20. The van der Waals surface area contributed by atoms with E-state index in [0.29, 0.717) is 31.1 Å². The van der Waals surface area contributed by atoms with Gasteiger partial charge in [-0.1, -0.05) is 12.1 Å². The van der Waals surface area contributed by atoms with E-state index in [1.807, 2.05) is 31.2 Å². The first kappa shape index (κ1) is 16.0. The summed E-state index contributed by atoms with van der Waals surface area (Å²) < 4.78 is 10.6. The van der Waals surface area contributed by atoms with E-state index >= 15 is 0 Å². The van der Waals surface area contributed by atoms with Gasteiger partial charge in [0.25, 0.3) is 5.91 Å². The van der Waals surface area contributed by atoms with Crippen LogP contribution in [0.1, 0.15) is 17.3 Å². The fraction of sp³-hybridized carbons (Fsp3) is 0.294. The zero-order valence-corrected chi connectivity index (χ0v) is 12.9. The molecule has 1 amide bonds. The molecule has 2 rings (SSSR count).